The third-order valence-corrected chi connectivity index (χ3v) is 1.70. The third-order valence-electron chi connectivity index (χ3n) is 0.813. The predicted octanol–water partition coefficient (Wildman–Crippen LogP) is 1.51. The van der Waals surface area contributed by atoms with Gasteiger partial charge in [0.05, 0.1) is 5.75 Å². The Morgan fingerprint density at radius 3 is 2.89 bits per heavy atom. The van der Waals surface area contributed by atoms with E-state index in [4.69, 9.17) is 0 Å². The average Bonchev–Trinajstić information content (AvgIpc) is 1.88. The SMILES string of the molecule is SCc1nccc(I)n1. The van der Waals surface area contributed by atoms with E-state index in [1.54, 1.807) is 6.20 Å². The maximum absolute atomic E-state index is 4.09. The number of rotatable bonds is 1. The number of thiol groups is 1. The quantitative estimate of drug-likeness (QED) is 0.465. The summed E-state index contributed by atoms with van der Waals surface area (Å²) in [5.41, 5.74) is 0. The van der Waals surface area contributed by atoms with Crippen LogP contribution in [0.25, 0.3) is 0 Å². The van der Waals surface area contributed by atoms with Crippen molar-refractivity contribution >= 4 is 35.2 Å². The third kappa shape index (κ3) is 2.09. The van der Waals surface area contributed by atoms with Crippen molar-refractivity contribution in [3.8, 4) is 0 Å². The molecule has 1 aromatic heterocycles. The molecule has 1 aromatic rings. The van der Waals surface area contributed by atoms with Gasteiger partial charge in [-0.1, -0.05) is 0 Å². The number of aromatic nitrogens is 2. The fourth-order valence-electron chi connectivity index (χ4n) is 0.450. The van der Waals surface area contributed by atoms with Crippen LogP contribution in [0, 0.1) is 3.70 Å². The first kappa shape index (κ1) is 7.27. The highest BCUT2D eigenvalue weighted by atomic mass is 127. The van der Waals surface area contributed by atoms with Crippen LogP contribution in [0.2, 0.25) is 0 Å². The van der Waals surface area contributed by atoms with Gasteiger partial charge in [0.1, 0.15) is 9.53 Å². The van der Waals surface area contributed by atoms with E-state index >= 15 is 0 Å². The van der Waals surface area contributed by atoms with Crippen LogP contribution in [0.1, 0.15) is 5.82 Å². The van der Waals surface area contributed by atoms with Crippen molar-refractivity contribution in [2.45, 2.75) is 5.75 Å². The van der Waals surface area contributed by atoms with Crippen molar-refractivity contribution < 1.29 is 0 Å². The van der Waals surface area contributed by atoms with Gasteiger partial charge in [0.2, 0.25) is 0 Å². The van der Waals surface area contributed by atoms with Gasteiger partial charge in [-0.2, -0.15) is 12.6 Å². The van der Waals surface area contributed by atoms with Crippen molar-refractivity contribution in [1.82, 2.24) is 9.97 Å². The highest BCUT2D eigenvalue weighted by molar-refractivity contribution is 14.1. The summed E-state index contributed by atoms with van der Waals surface area (Å²) < 4.78 is 0.964. The first-order valence-electron chi connectivity index (χ1n) is 2.41. The molecule has 0 spiro atoms. The van der Waals surface area contributed by atoms with Crippen LogP contribution in [-0.2, 0) is 5.75 Å². The molecule has 4 heteroatoms. The molecule has 0 saturated carbocycles. The molecule has 0 bridgehead atoms. The van der Waals surface area contributed by atoms with Crippen LogP contribution in [-0.4, -0.2) is 9.97 Å². The van der Waals surface area contributed by atoms with E-state index < -0.39 is 0 Å². The first-order valence-corrected chi connectivity index (χ1v) is 4.12. The van der Waals surface area contributed by atoms with Crippen molar-refractivity contribution in [2.24, 2.45) is 0 Å². The van der Waals surface area contributed by atoms with Gasteiger partial charge in [-0.3, -0.25) is 0 Å². The molecule has 1 heterocycles. The van der Waals surface area contributed by atoms with E-state index in [1.165, 1.54) is 0 Å². The zero-order chi connectivity index (χ0) is 6.69. The van der Waals surface area contributed by atoms with Gasteiger partial charge < -0.3 is 0 Å². The normalized spacial score (nSPS) is 9.56. The molecule has 48 valence electrons. The van der Waals surface area contributed by atoms with Gasteiger partial charge in [-0.15, -0.1) is 0 Å². The lowest BCUT2D eigenvalue weighted by molar-refractivity contribution is 1.02. The molecule has 0 fully saturated rings. The fourth-order valence-corrected chi connectivity index (χ4v) is 1.04. The summed E-state index contributed by atoms with van der Waals surface area (Å²) in [6.07, 6.45) is 1.74. The van der Waals surface area contributed by atoms with E-state index in [0.29, 0.717) is 5.75 Å². The molecule has 0 radical (unpaired) electrons. The van der Waals surface area contributed by atoms with Crippen LogP contribution in [0.3, 0.4) is 0 Å². The van der Waals surface area contributed by atoms with E-state index in [1.807, 2.05) is 6.07 Å². The molecule has 0 aliphatic heterocycles. The summed E-state index contributed by atoms with van der Waals surface area (Å²) in [5, 5.41) is 0. The highest BCUT2D eigenvalue weighted by Gasteiger charge is 1.90. The lowest BCUT2D eigenvalue weighted by Gasteiger charge is -1.91. The number of halogens is 1. The second-order valence-corrected chi connectivity index (χ2v) is 2.88. The molecule has 0 amide bonds. The van der Waals surface area contributed by atoms with Gasteiger partial charge in [0.25, 0.3) is 0 Å². The minimum Gasteiger partial charge on any atom is -0.240 e. The highest BCUT2D eigenvalue weighted by Crippen LogP contribution is 2.00. The summed E-state index contributed by atoms with van der Waals surface area (Å²) in [6.45, 7) is 0. The standard InChI is InChI=1S/C5H5IN2S/c6-4-1-2-7-5(3-9)8-4/h1-2,9H,3H2. The molecule has 0 aliphatic carbocycles. The molecule has 0 unspecified atom stereocenters. The maximum Gasteiger partial charge on any atom is 0.139 e. The Hall–Kier alpha value is 0.160. The van der Waals surface area contributed by atoms with Crippen molar-refractivity contribution in [1.29, 1.82) is 0 Å². The van der Waals surface area contributed by atoms with Gasteiger partial charge in [-0.05, 0) is 28.7 Å². The Morgan fingerprint density at radius 1 is 1.67 bits per heavy atom. The second-order valence-electron chi connectivity index (χ2n) is 1.45. The van der Waals surface area contributed by atoms with E-state index in [2.05, 4.69) is 45.2 Å². The Labute approximate surface area is 72.7 Å². The predicted molar refractivity (Wildman–Crippen MR) is 47.4 cm³/mol. The topological polar surface area (TPSA) is 25.8 Å². The van der Waals surface area contributed by atoms with Crippen molar-refractivity contribution in [3.63, 3.8) is 0 Å². The Bertz CT molecular complexity index is 204. The van der Waals surface area contributed by atoms with Gasteiger partial charge >= 0.3 is 0 Å². The average molecular weight is 252 g/mol. The minimum atomic E-state index is 0.608. The van der Waals surface area contributed by atoms with Crippen molar-refractivity contribution in [3.05, 3.63) is 21.8 Å². The van der Waals surface area contributed by atoms with E-state index in [0.717, 1.165) is 9.53 Å². The Kier molecular flexibility index (Phi) is 2.71. The molecular formula is C5H5IN2S. The molecular weight excluding hydrogens is 247 g/mol. The molecule has 1 rings (SSSR count). The molecule has 0 aliphatic rings. The van der Waals surface area contributed by atoms with Crippen LogP contribution in [0.15, 0.2) is 12.3 Å². The first-order chi connectivity index (χ1) is 4.33. The van der Waals surface area contributed by atoms with Crippen LogP contribution >= 0.6 is 35.2 Å². The Balaban J connectivity index is 2.94. The smallest absolute Gasteiger partial charge is 0.139 e. The molecule has 0 atom stereocenters. The number of hydrogen-bond donors (Lipinski definition) is 1. The maximum atomic E-state index is 4.09. The summed E-state index contributed by atoms with van der Waals surface area (Å²) in [7, 11) is 0. The second kappa shape index (κ2) is 3.36. The zero-order valence-electron chi connectivity index (χ0n) is 4.58. The summed E-state index contributed by atoms with van der Waals surface area (Å²) in [6, 6.07) is 1.85. The van der Waals surface area contributed by atoms with E-state index in [9.17, 15) is 0 Å². The van der Waals surface area contributed by atoms with Gasteiger partial charge in [0, 0.05) is 6.20 Å². The monoisotopic (exact) mass is 252 g/mol. The van der Waals surface area contributed by atoms with E-state index in [-0.39, 0.29) is 0 Å². The van der Waals surface area contributed by atoms with Crippen molar-refractivity contribution in [2.75, 3.05) is 0 Å². The summed E-state index contributed by atoms with van der Waals surface area (Å²) in [5.74, 6) is 1.39. The molecule has 9 heavy (non-hydrogen) atoms. The minimum absolute atomic E-state index is 0.608. The lowest BCUT2D eigenvalue weighted by Crippen LogP contribution is -1.90. The van der Waals surface area contributed by atoms with Crippen LogP contribution in [0.5, 0.6) is 0 Å². The summed E-state index contributed by atoms with van der Waals surface area (Å²) >= 11 is 6.17. The zero-order valence-corrected chi connectivity index (χ0v) is 7.63. The molecule has 0 saturated heterocycles. The lowest BCUT2D eigenvalue weighted by atomic mass is 10.6. The van der Waals surface area contributed by atoms with Crippen LogP contribution in [0.4, 0.5) is 0 Å². The molecule has 0 aromatic carbocycles. The summed E-state index contributed by atoms with van der Waals surface area (Å²) in [4.78, 5) is 8.06. The van der Waals surface area contributed by atoms with Crippen LogP contribution < -0.4 is 0 Å². The van der Waals surface area contributed by atoms with Gasteiger partial charge in [0.15, 0.2) is 0 Å². The van der Waals surface area contributed by atoms with Gasteiger partial charge in [-0.25, -0.2) is 9.97 Å². The number of nitrogens with zero attached hydrogens (tertiary/aromatic N) is 2. The largest absolute Gasteiger partial charge is 0.240 e. The molecule has 0 N–H and O–H groups in total. The fraction of sp³-hybridized carbons (Fsp3) is 0.200. The Morgan fingerprint density at radius 2 is 2.44 bits per heavy atom. The number of hydrogen-bond acceptors (Lipinski definition) is 3. The molecule has 2 nitrogen and oxygen atoms in total.